The summed E-state index contributed by atoms with van der Waals surface area (Å²) in [5, 5.41) is 10.4. The summed E-state index contributed by atoms with van der Waals surface area (Å²) in [6.07, 6.45) is 1.25. The second kappa shape index (κ2) is 4.41. The number of furan rings is 1. The summed E-state index contributed by atoms with van der Waals surface area (Å²) in [4.78, 5) is 9.81. The monoisotopic (exact) mass is 213 g/mol. The second-order valence-corrected chi connectivity index (χ2v) is 3.21. The van der Waals surface area contributed by atoms with Crippen molar-refractivity contribution in [3.8, 4) is 0 Å². The van der Waals surface area contributed by atoms with Crippen LogP contribution in [0.2, 0.25) is 0 Å². The molecule has 1 aromatic rings. The molecule has 1 aliphatic heterocycles. The Morgan fingerprint density at radius 1 is 1.27 bits per heavy atom. The molecular formula is C9H11NO5. The fraction of sp³-hybridized carbons (Fsp3) is 0.556. The van der Waals surface area contributed by atoms with Crippen LogP contribution in [0, 0.1) is 10.1 Å². The molecule has 0 aliphatic carbocycles. The number of ether oxygens (including phenoxy) is 2. The first-order chi connectivity index (χ1) is 7.27. The third kappa shape index (κ3) is 2.34. The molecular weight excluding hydrogens is 202 g/mol. The van der Waals surface area contributed by atoms with Crippen molar-refractivity contribution < 1.29 is 18.8 Å². The number of nitro groups is 1. The van der Waals surface area contributed by atoms with Crippen LogP contribution in [0.3, 0.4) is 0 Å². The molecule has 0 N–H and O–H groups in total. The van der Waals surface area contributed by atoms with E-state index >= 15 is 0 Å². The van der Waals surface area contributed by atoms with E-state index < -0.39 is 11.2 Å². The summed E-state index contributed by atoms with van der Waals surface area (Å²) in [6.45, 7) is 1.17. The Morgan fingerprint density at radius 2 is 1.93 bits per heavy atom. The molecule has 0 radical (unpaired) electrons. The van der Waals surface area contributed by atoms with Crippen molar-refractivity contribution >= 4 is 5.88 Å². The minimum Gasteiger partial charge on any atom is -0.400 e. The zero-order chi connectivity index (χ0) is 10.7. The first-order valence-corrected chi connectivity index (χ1v) is 4.75. The maximum absolute atomic E-state index is 10.4. The molecule has 2 heterocycles. The summed E-state index contributed by atoms with van der Waals surface area (Å²) in [7, 11) is 0. The first-order valence-electron chi connectivity index (χ1n) is 4.75. The maximum atomic E-state index is 10.4. The van der Waals surface area contributed by atoms with Gasteiger partial charge in [-0.05, 0) is 18.9 Å². The summed E-state index contributed by atoms with van der Waals surface area (Å²) in [5.41, 5.74) is 0. The fourth-order valence-corrected chi connectivity index (χ4v) is 1.36. The maximum Gasteiger partial charge on any atom is 0.433 e. The van der Waals surface area contributed by atoms with Crippen molar-refractivity contribution in [2.75, 3.05) is 13.2 Å². The number of rotatable bonds is 2. The molecule has 0 amide bonds. The average molecular weight is 213 g/mol. The minimum absolute atomic E-state index is 0.290. The molecule has 1 saturated heterocycles. The second-order valence-electron chi connectivity index (χ2n) is 3.21. The lowest BCUT2D eigenvalue weighted by Gasteiger charge is -2.11. The molecule has 0 spiro atoms. The van der Waals surface area contributed by atoms with Crippen LogP contribution in [-0.4, -0.2) is 18.1 Å². The molecule has 0 aromatic carbocycles. The van der Waals surface area contributed by atoms with Crippen LogP contribution in [0.1, 0.15) is 24.9 Å². The molecule has 0 unspecified atom stereocenters. The van der Waals surface area contributed by atoms with Gasteiger partial charge in [0.2, 0.25) is 6.29 Å². The van der Waals surface area contributed by atoms with E-state index in [0.29, 0.717) is 19.0 Å². The van der Waals surface area contributed by atoms with Crippen molar-refractivity contribution in [3.05, 3.63) is 28.0 Å². The highest BCUT2D eigenvalue weighted by molar-refractivity contribution is 5.18. The van der Waals surface area contributed by atoms with Crippen LogP contribution in [0.5, 0.6) is 0 Å². The first kappa shape index (κ1) is 10.1. The largest absolute Gasteiger partial charge is 0.433 e. The highest BCUT2D eigenvalue weighted by Gasteiger charge is 2.22. The summed E-state index contributed by atoms with van der Waals surface area (Å²) in [5.74, 6) is 0.0602. The quantitative estimate of drug-likeness (QED) is 0.554. The summed E-state index contributed by atoms with van der Waals surface area (Å²) < 4.78 is 15.7. The molecule has 1 fully saturated rings. The van der Waals surface area contributed by atoms with Gasteiger partial charge in [0.1, 0.15) is 4.92 Å². The van der Waals surface area contributed by atoms with Crippen LogP contribution in [0.15, 0.2) is 16.5 Å². The van der Waals surface area contributed by atoms with Gasteiger partial charge in [0.05, 0.1) is 19.3 Å². The molecule has 1 aromatic heterocycles. The van der Waals surface area contributed by atoms with E-state index in [1.165, 1.54) is 12.1 Å². The Balaban J connectivity index is 2.10. The zero-order valence-electron chi connectivity index (χ0n) is 8.05. The van der Waals surface area contributed by atoms with Gasteiger partial charge in [-0.2, -0.15) is 0 Å². The van der Waals surface area contributed by atoms with Gasteiger partial charge < -0.3 is 13.9 Å². The Labute approximate surface area is 85.9 Å². The SMILES string of the molecule is O=[N+]([O-])c1ccc(C2OCCCCO2)o1. The minimum atomic E-state index is -0.610. The lowest BCUT2D eigenvalue weighted by molar-refractivity contribution is -0.403. The standard InChI is InChI=1S/C9H11NO5/c11-10(12)8-4-3-7(15-8)9-13-5-1-2-6-14-9/h3-4,9H,1-2,5-6H2. The van der Waals surface area contributed by atoms with Crippen LogP contribution >= 0.6 is 0 Å². The van der Waals surface area contributed by atoms with Gasteiger partial charge in [-0.25, -0.2) is 0 Å². The van der Waals surface area contributed by atoms with Gasteiger partial charge >= 0.3 is 5.88 Å². The molecule has 0 atom stereocenters. The number of hydrogen-bond acceptors (Lipinski definition) is 5. The highest BCUT2D eigenvalue weighted by atomic mass is 16.7. The zero-order valence-corrected chi connectivity index (χ0v) is 8.05. The molecule has 0 bridgehead atoms. The van der Waals surface area contributed by atoms with Gasteiger partial charge in [-0.15, -0.1) is 0 Å². The van der Waals surface area contributed by atoms with Crippen molar-refractivity contribution in [2.24, 2.45) is 0 Å². The van der Waals surface area contributed by atoms with E-state index in [1.54, 1.807) is 0 Å². The van der Waals surface area contributed by atoms with Crippen molar-refractivity contribution in [1.29, 1.82) is 0 Å². The Kier molecular flexibility index (Phi) is 2.98. The molecule has 6 heteroatoms. The topological polar surface area (TPSA) is 74.7 Å². The van der Waals surface area contributed by atoms with E-state index in [-0.39, 0.29) is 5.88 Å². The van der Waals surface area contributed by atoms with E-state index in [0.717, 1.165) is 12.8 Å². The van der Waals surface area contributed by atoms with E-state index in [4.69, 9.17) is 13.9 Å². The third-order valence-corrected chi connectivity index (χ3v) is 2.10. The van der Waals surface area contributed by atoms with Crippen molar-refractivity contribution in [2.45, 2.75) is 19.1 Å². The Bertz CT molecular complexity index is 340. The number of hydrogen-bond donors (Lipinski definition) is 0. The highest BCUT2D eigenvalue weighted by Crippen LogP contribution is 2.26. The van der Waals surface area contributed by atoms with E-state index in [9.17, 15) is 10.1 Å². The molecule has 1 aliphatic rings. The average Bonchev–Trinajstić information content (AvgIpc) is 2.55. The van der Waals surface area contributed by atoms with Gasteiger partial charge in [0, 0.05) is 0 Å². The van der Waals surface area contributed by atoms with Gasteiger partial charge in [-0.3, -0.25) is 10.1 Å². The summed E-state index contributed by atoms with van der Waals surface area (Å²) >= 11 is 0. The lowest BCUT2D eigenvalue weighted by atomic mass is 10.3. The molecule has 0 saturated carbocycles. The van der Waals surface area contributed by atoms with Gasteiger partial charge in [-0.1, -0.05) is 0 Å². The van der Waals surface area contributed by atoms with E-state index in [2.05, 4.69) is 0 Å². The van der Waals surface area contributed by atoms with Crippen LogP contribution in [0.4, 0.5) is 5.88 Å². The normalized spacial score (nSPS) is 18.7. The third-order valence-electron chi connectivity index (χ3n) is 2.10. The molecule has 6 nitrogen and oxygen atoms in total. The van der Waals surface area contributed by atoms with Gasteiger partial charge in [0.25, 0.3) is 0 Å². The summed E-state index contributed by atoms with van der Waals surface area (Å²) in [6, 6.07) is 2.81. The van der Waals surface area contributed by atoms with Crippen LogP contribution in [-0.2, 0) is 9.47 Å². The fourth-order valence-electron chi connectivity index (χ4n) is 1.36. The number of nitrogens with zero attached hydrogens (tertiary/aromatic N) is 1. The van der Waals surface area contributed by atoms with Crippen LogP contribution in [0.25, 0.3) is 0 Å². The molecule has 2 rings (SSSR count). The van der Waals surface area contributed by atoms with Crippen LogP contribution < -0.4 is 0 Å². The molecule has 15 heavy (non-hydrogen) atoms. The Hall–Kier alpha value is -1.40. The van der Waals surface area contributed by atoms with E-state index in [1.807, 2.05) is 0 Å². The lowest BCUT2D eigenvalue weighted by Crippen LogP contribution is -2.05. The van der Waals surface area contributed by atoms with Crippen molar-refractivity contribution in [1.82, 2.24) is 0 Å². The van der Waals surface area contributed by atoms with Crippen molar-refractivity contribution in [3.63, 3.8) is 0 Å². The predicted molar refractivity (Wildman–Crippen MR) is 49.2 cm³/mol. The molecule has 82 valence electrons. The Morgan fingerprint density at radius 3 is 2.47 bits per heavy atom. The predicted octanol–water partition coefficient (Wildman–Crippen LogP) is 2.01. The van der Waals surface area contributed by atoms with Gasteiger partial charge in [0.15, 0.2) is 5.76 Å². The smallest absolute Gasteiger partial charge is 0.400 e.